The predicted molar refractivity (Wildman–Crippen MR) is 177 cm³/mol. The van der Waals surface area contributed by atoms with Crippen LogP contribution in [0.4, 0.5) is 0 Å². The minimum absolute atomic E-state index is 0.108. The molecule has 0 aromatic rings. The van der Waals surface area contributed by atoms with Crippen molar-refractivity contribution in [2.75, 3.05) is 6.61 Å². The molecule has 260 valence electrons. The van der Waals surface area contributed by atoms with Crippen LogP contribution in [0.25, 0.3) is 0 Å². The number of aliphatic hydroxyl groups excluding tert-OH is 1. The van der Waals surface area contributed by atoms with Gasteiger partial charge in [-0.15, -0.1) is 0 Å². The third-order valence-corrected chi connectivity index (χ3v) is 12.0. The summed E-state index contributed by atoms with van der Waals surface area (Å²) in [6, 6.07) is 0. The van der Waals surface area contributed by atoms with Crippen LogP contribution in [0, 0.1) is 29.1 Å². The van der Waals surface area contributed by atoms with E-state index in [0.29, 0.717) is 17.6 Å². The first kappa shape index (κ1) is 36.8. The van der Waals surface area contributed by atoms with Gasteiger partial charge >= 0.3 is 11.9 Å². The molecule has 0 amide bonds. The van der Waals surface area contributed by atoms with Crippen molar-refractivity contribution in [3.63, 3.8) is 0 Å². The number of esters is 2. The number of fused-ring (bicyclic) bond motifs is 5. The van der Waals surface area contributed by atoms with Crippen LogP contribution in [0.5, 0.6) is 0 Å². The zero-order valence-electron chi connectivity index (χ0n) is 29.2. The van der Waals surface area contributed by atoms with Gasteiger partial charge in [0.2, 0.25) is 0 Å². The molecule has 2 saturated carbocycles. The van der Waals surface area contributed by atoms with Crippen LogP contribution in [0.1, 0.15) is 138 Å². The lowest BCUT2D eigenvalue weighted by Crippen LogP contribution is -2.66. The largest absolute Gasteiger partial charge is 0.458 e. The van der Waals surface area contributed by atoms with Gasteiger partial charge in [-0.25, -0.2) is 0 Å². The second-order valence-electron chi connectivity index (χ2n) is 15.4. The van der Waals surface area contributed by atoms with Gasteiger partial charge in [0.05, 0.1) is 12.2 Å². The normalized spacial score (nSPS) is 35.7. The van der Waals surface area contributed by atoms with Crippen molar-refractivity contribution in [1.29, 1.82) is 0 Å². The molecule has 0 saturated heterocycles. The summed E-state index contributed by atoms with van der Waals surface area (Å²) >= 11 is 0. The molecular weight excluding hydrogens is 584 g/mol. The number of ketones is 1. The van der Waals surface area contributed by atoms with Crippen molar-refractivity contribution < 1.29 is 39.2 Å². The SMILES string of the molecule is CCCCCCCCCCCCCCCC(=O)OC1C(C)C2(O)C(C=C(CO)CC3(O)C(=O)C(C)=CC32)C2C(C)(C)C12OC(C)=O. The van der Waals surface area contributed by atoms with Gasteiger partial charge in [0.25, 0.3) is 0 Å². The molecule has 4 aliphatic rings. The monoisotopic (exact) mass is 644 g/mol. The van der Waals surface area contributed by atoms with E-state index in [9.17, 15) is 29.7 Å². The van der Waals surface area contributed by atoms with Gasteiger partial charge in [-0.3, -0.25) is 14.4 Å². The number of hydrogen-bond acceptors (Lipinski definition) is 8. The summed E-state index contributed by atoms with van der Waals surface area (Å²) in [5, 5.41) is 34.8. The lowest BCUT2D eigenvalue weighted by molar-refractivity contribution is -0.228. The topological polar surface area (TPSA) is 130 Å². The predicted octanol–water partition coefficient (Wildman–Crippen LogP) is 6.53. The molecule has 8 heteroatoms. The lowest BCUT2D eigenvalue weighted by atomic mass is 9.59. The molecular formula is C38H60O8. The Kier molecular flexibility index (Phi) is 11.7. The van der Waals surface area contributed by atoms with Crippen LogP contribution in [0.3, 0.4) is 0 Å². The Morgan fingerprint density at radius 1 is 0.913 bits per heavy atom. The van der Waals surface area contributed by atoms with Gasteiger partial charge in [0.1, 0.15) is 11.7 Å². The number of carbonyl (C=O) groups excluding carboxylic acids is 3. The van der Waals surface area contributed by atoms with Crippen LogP contribution in [0.2, 0.25) is 0 Å². The molecule has 8 nitrogen and oxygen atoms in total. The van der Waals surface area contributed by atoms with E-state index < -0.39 is 69.7 Å². The van der Waals surface area contributed by atoms with Crippen molar-refractivity contribution in [3.05, 3.63) is 23.3 Å². The molecule has 0 spiro atoms. The van der Waals surface area contributed by atoms with Crippen LogP contribution in [-0.4, -0.2) is 62.6 Å². The Morgan fingerprint density at radius 2 is 1.46 bits per heavy atom. The summed E-state index contributed by atoms with van der Waals surface area (Å²) in [5.74, 6) is -4.29. The highest BCUT2D eigenvalue weighted by Crippen LogP contribution is 2.77. The highest BCUT2D eigenvalue weighted by Gasteiger charge is 2.87. The molecule has 0 heterocycles. The summed E-state index contributed by atoms with van der Waals surface area (Å²) in [6.07, 6.45) is 18.2. The summed E-state index contributed by atoms with van der Waals surface area (Å²) in [6.45, 7) is 10.5. The van der Waals surface area contributed by atoms with Gasteiger partial charge in [-0.1, -0.05) is 117 Å². The Balaban J connectivity index is 1.43. The Morgan fingerprint density at radius 3 is 1.98 bits per heavy atom. The fourth-order valence-electron chi connectivity index (χ4n) is 9.55. The Bertz CT molecular complexity index is 1190. The molecule has 0 aromatic carbocycles. The molecule has 3 N–H and O–H groups in total. The molecule has 8 atom stereocenters. The van der Waals surface area contributed by atoms with Gasteiger partial charge in [-0.05, 0) is 24.5 Å². The second kappa shape index (κ2) is 14.6. The molecule has 0 aliphatic heterocycles. The number of hydrogen-bond donors (Lipinski definition) is 3. The highest BCUT2D eigenvalue weighted by atomic mass is 16.6. The number of rotatable bonds is 17. The lowest BCUT2D eigenvalue weighted by Gasteiger charge is -2.53. The zero-order chi connectivity index (χ0) is 33.9. The maximum atomic E-state index is 13.4. The van der Waals surface area contributed by atoms with Crippen molar-refractivity contribution >= 4 is 17.7 Å². The summed E-state index contributed by atoms with van der Waals surface area (Å²) in [4.78, 5) is 39.2. The summed E-state index contributed by atoms with van der Waals surface area (Å²) in [7, 11) is 0. The van der Waals surface area contributed by atoms with Crippen LogP contribution in [0.15, 0.2) is 23.3 Å². The minimum atomic E-state index is -1.93. The van der Waals surface area contributed by atoms with Crippen molar-refractivity contribution in [3.8, 4) is 0 Å². The van der Waals surface area contributed by atoms with Crippen LogP contribution in [-0.2, 0) is 23.9 Å². The second-order valence-corrected chi connectivity index (χ2v) is 15.4. The van der Waals surface area contributed by atoms with E-state index in [1.165, 1.54) is 64.7 Å². The molecule has 46 heavy (non-hydrogen) atoms. The van der Waals surface area contributed by atoms with Gasteiger partial charge < -0.3 is 24.8 Å². The average Bonchev–Trinajstić information content (AvgIpc) is 3.42. The molecule has 4 rings (SSSR count). The first-order valence-corrected chi connectivity index (χ1v) is 18.1. The number of ether oxygens (including phenoxy) is 2. The third kappa shape index (κ3) is 6.52. The number of carbonyl (C=O) groups is 3. The maximum absolute atomic E-state index is 13.4. The van der Waals surface area contributed by atoms with E-state index in [1.807, 2.05) is 13.8 Å². The minimum Gasteiger partial charge on any atom is -0.458 e. The number of unbranched alkanes of at least 4 members (excludes halogenated alkanes) is 12. The molecule has 2 fully saturated rings. The quantitative estimate of drug-likeness (QED) is 0.0926. The third-order valence-electron chi connectivity index (χ3n) is 12.0. The first-order chi connectivity index (χ1) is 21.7. The number of aliphatic hydroxyl groups is 3. The smallest absolute Gasteiger partial charge is 0.306 e. The summed E-state index contributed by atoms with van der Waals surface area (Å²) in [5.41, 5.74) is -4.71. The summed E-state index contributed by atoms with van der Waals surface area (Å²) < 4.78 is 12.3. The van der Waals surface area contributed by atoms with Crippen molar-refractivity contribution in [2.24, 2.45) is 29.1 Å². The van der Waals surface area contributed by atoms with E-state index in [1.54, 1.807) is 26.0 Å². The molecule has 0 radical (unpaired) electrons. The average molecular weight is 645 g/mol. The van der Waals surface area contributed by atoms with Crippen molar-refractivity contribution in [2.45, 2.75) is 161 Å². The fourth-order valence-corrected chi connectivity index (χ4v) is 9.55. The zero-order valence-corrected chi connectivity index (χ0v) is 29.2. The van der Waals surface area contributed by atoms with Crippen molar-refractivity contribution in [1.82, 2.24) is 0 Å². The number of Topliss-reactive ketones (excluding diaryl/α,β-unsaturated/α-hetero) is 1. The van der Waals surface area contributed by atoms with E-state index in [2.05, 4.69) is 6.92 Å². The van der Waals surface area contributed by atoms with Gasteiger partial charge in [-0.2, -0.15) is 0 Å². The Hall–Kier alpha value is -2.03. The van der Waals surface area contributed by atoms with Gasteiger partial charge in [0, 0.05) is 48.9 Å². The molecule has 4 aliphatic carbocycles. The standard InChI is InChI=1S/C38H60O8/c1-7-8-9-10-11-12-13-14-15-16-17-18-19-20-31(41)45-34-26(3)37(44)29(32-35(5,6)38(32,34)46-27(4)40)22-28(24-39)23-36(43)30(37)21-25(2)33(36)42/h21-22,26,29-30,32,34,39,43-44H,7-20,23-24H2,1-6H3. The van der Waals surface area contributed by atoms with Crippen LogP contribution < -0.4 is 0 Å². The molecule has 0 bridgehead atoms. The van der Waals surface area contributed by atoms with E-state index in [0.717, 1.165) is 19.3 Å². The highest BCUT2D eigenvalue weighted by molar-refractivity contribution is 6.04. The van der Waals surface area contributed by atoms with Gasteiger partial charge in [0.15, 0.2) is 11.4 Å². The first-order valence-electron chi connectivity index (χ1n) is 18.1. The van der Waals surface area contributed by atoms with E-state index in [-0.39, 0.29) is 19.4 Å². The molecule has 0 aromatic heterocycles. The molecule has 8 unspecified atom stereocenters. The fraction of sp³-hybridized carbons (Fsp3) is 0.816. The van der Waals surface area contributed by atoms with E-state index in [4.69, 9.17) is 9.47 Å². The van der Waals surface area contributed by atoms with E-state index >= 15 is 0 Å². The van der Waals surface area contributed by atoms with Crippen LogP contribution >= 0.6 is 0 Å². The maximum Gasteiger partial charge on any atom is 0.306 e. The Labute approximate surface area is 276 Å².